The summed E-state index contributed by atoms with van der Waals surface area (Å²) in [5.41, 5.74) is 2.45. The molecule has 1 unspecified atom stereocenters. The summed E-state index contributed by atoms with van der Waals surface area (Å²) in [7, 11) is 1.71. The van der Waals surface area contributed by atoms with Crippen LogP contribution in [0.15, 0.2) is 42.6 Å². The quantitative estimate of drug-likeness (QED) is 0.800. The molecule has 23 heavy (non-hydrogen) atoms. The summed E-state index contributed by atoms with van der Waals surface area (Å²) in [6, 6.07) is 12.7. The first-order valence-corrected chi connectivity index (χ1v) is 8.29. The zero-order valence-corrected chi connectivity index (χ0v) is 14.3. The van der Waals surface area contributed by atoms with Crippen molar-refractivity contribution in [2.24, 2.45) is 0 Å². The first kappa shape index (κ1) is 16.1. The van der Waals surface area contributed by atoms with Gasteiger partial charge in [0.15, 0.2) is 0 Å². The molecule has 1 saturated heterocycles. The number of rotatable bonds is 4. The topological polar surface area (TPSA) is 28.6 Å². The average molecular weight is 332 g/mol. The minimum Gasteiger partial charge on any atom is -0.497 e. The van der Waals surface area contributed by atoms with Gasteiger partial charge in [-0.25, -0.2) is 4.98 Å². The molecule has 1 aliphatic heterocycles. The molecule has 3 rings (SSSR count). The van der Waals surface area contributed by atoms with E-state index in [2.05, 4.69) is 39.9 Å². The van der Waals surface area contributed by atoms with Crippen LogP contribution in [-0.2, 0) is 0 Å². The Morgan fingerprint density at radius 3 is 2.61 bits per heavy atom. The number of hydrogen-bond acceptors (Lipinski definition) is 4. The van der Waals surface area contributed by atoms with E-state index in [1.165, 1.54) is 5.56 Å². The van der Waals surface area contributed by atoms with Crippen molar-refractivity contribution in [3.05, 3.63) is 53.3 Å². The minimum atomic E-state index is 0.383. The van der Waals surface area contributed by atoms with Crippen LogP contribution in [0.2, 0.25) is 5.15 Å². The van der Waals surface area contributed by atoms with Crippen molar-refractivity contribution in [3.8, 4) is 5.75 Å². The van der Waals surface area contributed by atoms with Gasteiger partial charge in [0, 0.05) is 44.1 Å². The molecule has 2 heterocycles. The molecule has 5 heteroatoms. The van der Waals surface area contributed by atoms with Gasteiger partial charge >= 0.3 is 0 Å². The fraction of sp³-hybridized carbons (Fsp3) is 0.389. The third kappa shape index (κ3) is 3.77. The molecule has 0 amide bonds. The number of nitrogens with zero attached hydrogens (tertiary/aromatic N) is 3. The molecule has 1 fully saturated rings. The second-order valence-electron chi connectivity index (χ2n) is 5.81. The number of benzene rings is 1. The number of anilines is 1. The van der Waals surface area contributed by atoms with E-state index in [9.17, 15) is 0 Å². The molecule has 0 spiro atoms. The van der Waals surface area contributed by atoms with Crippen molar-refractivity contribution in [2.75, 3.05) is 38.2 Å². The van der Waals surface area contributed by atoms with Gasteiger partial charge < -0.3 is 9.64 Å². The minimum absolute atomic E-state index is 0.383. The number of hydrogen-bond donors (Lipinski definition) is 0. The van der Waals surface area contributed by atoms with E-state index in [-0.39, 0.29) is 0 Å². The highest BCUT2D eigenvalue weighted by Gasteiger charge is 2.22. The van der Waals surface area contributed by atoms with E-state index in [0.717, 1.165) is 37.6 Å². The highest BCUT2D eigenvalue weighted by Crippen LogP contribution is 2.26. The molecule has 0 bridgehead atoms. The molecule has 0 radical (unpaired) electrons. The SMILES string of the molecule is COc1cccc(C(C)N2CCN(c3ccnc(Cl)c3)CC2)c1. The largest absolute Gasteiger partial charge is 0.497 e. The lowest BCUT2D eigenvalue weighted by Crippen LogP contribution is -2.47. The molecule has 1 aromatic carbocycles. The van der Waals surface area contributed by atoms with E-state index in [0.29, 0.717) is 11.2 Å². The predicted octanol–water partition coefficient (Wildman–Crippen LogP) is 3.63. The van der Waals surface area contributed by atoms with Crippen LogP contribution in [0.4, 0.5) is 5.69 Å². The standard InChI is InChI=1S/C18H22ClN3O/c1-14(15-4-3-5-17(12-15)23-2)21-8-10-22(11-9-21)16-6-7-20-18(19)13-16/h3-7,12-14H,8-11H2,1-2H3. The van der Waals surface area contributed by atoms with E-state index in [1.54, 1.807) is 13.3 Å². The maximum atomic E-state index is 5.99. The van der Waals surface area contributed by atoms with Crippen LogP contribution >= 0.6 is 11.6 Å². The monoisotopic (exact) mass is 331 g/mol. The lowest BCUT2D eigenvalue weighted by Gasteiger charge is -2.39. The molecule has 1 aliphatic rings. The first-order valence-electron chi connectivity index (χ1n) is 7.92. The first-order chi connectivity index (χ1) is 11.2. The molecule has 0 aliphatic carbocycles. The van der Waals surface area contributed by atoms with E-state index < -0.39 is 0 Å². The molecule has 0 N–H and O–H groups in total. The summed E-state index contributed by atoms with van der Waals surface area (Å²) in [6.07, 6.45) is 1.77. The fourth-order valence-corrected chi connectivity index (χ4v) is 3.24. The Labute approximate surface area is 142 Å². The van der Waals surface area contributed by atoms with Crippen LogP contribution in [0, 0.1) is 0 Å². The van der Waals surface area contributed by atoms with Crippen LogP contribution in [0.1, 0.15) is 18.5 Å². The van der Waals surface area contributed by atoms with Crippen molar-refractivity contribution in [2.45, 2.75) is 13.0 Å². The Bertz CT molecular complexity index is 656. The summed E-state index contributed by atoms with van der Waals surface area (Å²) >= 11 is 5.99. The Morgan fingerprint density at radius 1 is 1.13 bits per heavy atom. The van der Waals surface area contributed by atoms with Crippen molar-refractivity contribution >= 4 is 17.3 Å². The second kappa shape index (κ2) is 7.20. The zero-order chi connectivity index (χ0) is 16.2. The van der Waals surface area contributed by atoms with Crippen molar-refractivity contribution in [3.63, 3.8) is 0 Å². The van der Waals surface area contributed by atoms with Crippen LogP contribution < -0.4 is 9.64 Å². The van der Waals surface area contributed by atoms with Gasteiger partial charge in [-0.3, -0.25) is 4.90 Å². The highest BCUT2D eigenvalue weighted by molar-refractivity contribution is 6.29. The van der Waals surface area contributed by atoms with E-state index in [1.807, 2.05) is 18.2 Å². The van der Waals surface area contributed by atoms with Gasteiger partial charge in [0.25, 0.3) is 0 Å². The van der Waals surface area contributed by atoms with Crippen LogP contribution in [0.25, 0.3) is 0 Å². The van der Waals surface area contributed by atoms with Gasteiger partial charge in [0.05, 0.1) is 7.11 Å². The number of methoxy groups -OCH3 is 1. The molecule has 2 aromatic rings. The number of ether oxygens (including phenoxy) is 1. The normalized spacial score (nSPS) is 17.1. The zero-order valence-electron chi connectivity index (χ0n) is 13.6. The summed E-state index contributed by atoms with van der Waals surface area (Å²) in [6.45, 7) is 6.30. The van der Waals surface area contributed by atoms with Crippen LogP contribution in [0.5, 0.6) is 5.75 Å². The Balaban J connectivity index is 1.64. The van der Waals surface area contributed by atoms with E-state index in [4.69, 9.17) is 16.3 Å². The molecular weight excluding hydrogens is 310 g/mol. The van der Waals surface area contributed by atoms with Gasteiger partial charge in [-0.1, -0.05) is 23.7 Å². The average Bonchev–Trinajstić information content (AvgIpc) is 2.61. The Morgan fingerprint density at radius 2 is 1.91 bits per heavy atom. The molecular formula is C18H22ClN3O. The van der Waals surface area contributed by atoms with Crippen LogP contribution in [-0.4, -0.2) is 43.2 Å². The van der Waals surface area contributed by atoms with Crippen LogP contribution in [0.3, 0.4) is 0 Å². The third-order valence-electron chi connectivity index (χ3n) is 4.51. The lowest BCUT2D eigenvalue weighted by atomic mass is 10.1. The van der Waals surface area contributed by atoms with Gasteiger partial charge in [-0.05, 0) is 36.8 Å². The molecule has 0 saturated carbocycles. The van der Waals surface area contributed by atoms with Crippen molar-refractivity contribution in [1.82, 2.24) is 9.88 Å². The maximum absolute atomic E-state index is 5.99. The fourth-order valence-electron chi connectivity index (χ4n) is 3.07. The Hall–Kier alpha value is -1.78. The van der Waals surface area contributed by atoms with Gasteiger partial charge in [-0.15, -0.1) is 0 Å². The second-order valence-corrected chi connectivity index (χ2v) is 6.20. The lowest BCUT2D eigenvalue weighted by molar-refractivity contribution is 0.198. The predicted molar refractivity (Wildman–Crippen MR) is 94.4 cm³/mol. The van der Waals surface area contributed by atoms with Gasteiger partial charge in [-0.2, -0.15) is 0 Å². The molecule has 4 nitrogen and oxygen atoms in total. The summed E-state index contributed by atoms with van der Waals surface area (Å²) in [5, 5.41) is 0.551. The number of piperazine rings is 1. The third-order valence-corrected chi connectivity index (χ3v) is 4.72. The summed E-state index contributed by atoms with van der Waals surface area (Å²) in [5.74, 6) is 0.916. The van der Waals surface area contributed by atoms with Gasteiger partial charge in [0.2, 0.25) is 0 Å². The smallest absolute Gasteiger partial charge is 0.131 e. The summed E-state index contributed by atoms with van der Waals surface area (Å²) < 4.78 is 5.33. The number of aromatic nitrogens is 1. The molecule has 1 aromatic heterocycles. The molecule has 1 atom stereocenters. The maximum Gasteiger partial charge on any atom is 0.131 e. The molecule has 122 valence electrons. The number of pyridine rings is 1. The highest BCUT2D eigenvalue weighted by atomic mass is 35.5. The van der Waals surface area contributed by atoms with E-state index >= 15 is 0 Å². The van der Waals surface area contributed by atoms with Crippen molar-refractivity contribution < 1.29 is 4.74 Å². The van der Waals surface area contributed by atoms with Gasteiger partial charge in [0.1, 0.15) is 10.9 Å². The summed E-state index contributed by atoms with van der Waals surface area (Å²) in [4.78, 5) is 8.92. The Kier molecular flexibility index (Phi) is 5.03. The number of halogens is 1. The van der Waals surface area contributed by atoms with Crippen molar-refractivity contribution in [1.29, 1.82) is 0 Å².